The number of hydrogen-bond donors (Lipinski definition) is 1. The first kappa shape index (κ1) is 18.9. The molecule has 0 aliphatic rings. The minimum absolute atomic E-state index is 0.0170. The summed E-state index contributed by atoms with van der Waals surface area (Å²) in [7, 11) is 0. The molecule has 4 rings (SSSR count). The number of pyridine rings is 2. The number of aromatic nitrogens is 6. The number of nitrogens with one attached hydrogen (secondary N) is 1. The lowest BCUT2D eigenvalue weighted by atomic mass is 9.87. The monoisotopic (exact) mass is 405 g/mol. The number of rotatable bonds is 4. The Kier molecular flexibility index (Phi) is 4.89. The highest BCUT2D eigenvalue weighted by Crippen LogP contribution is 2.28. The lowest BCUT2D eigenvalue weighted by Crippen LogP contribution is -2.16. The lowest BCUT2D eigenvalue weighted by Gasteiger charge is -2.18. The molecule has 4 aromatic heterocycles. The second kappa shape index (κ2) is 7.51. The molecule has 0 atom stereocenters. The number of hydrogen-bond acceptors (Lipinski definition) is 7. The summed E-state index contributed by atoms with van der Waals surface area (Å²) in [6, 6.07) is 7.54. The second-order valence-corrected chi connectivity index (χ2v) is 8.27. The molecule has 29 heavy (non-hydrogen) atoms. The van der Waals surface area contributed by atoms with Gasteiger partial charge in [-0.25, -0.2) is 9.67 Å². The molecule has 0 saturated heterocycles. The van der Waals surface area contributed by atoms with E-state index in [2.05, 4.69) is 51.4 Å². The SMILES string of the molecule is CC(C)(C)c1ccnc(-c2csc(NC(=O)c3cnnn3-c3ccncc3)n2)c1. The van der Waals surface area contributed by atoms with Gasteiger partial charge in [0.15, 0.2) is 10.8 Å². The van der Waals surface area contributed by atoms with Crippen LogP contribution in [0.15, 0.2) is 54.4 Å². The van der Waals surface area contributed by atoms with Crippen LogP contribution in [0.25, 0.3) is 17.1 Å². The predicted octanol–water partition coefficient (Wildman–Crippen LogP) is 3.73. The van der Waals surface area contributed by atoms with Gasteiger partial charge in [0, 0.05) is 24.0 Å². The summed E-state index contributed by atoms with van der Waals surface area (Å²) in [5, 5.41) is 13.0. The Morgan fingerprint density at radius 3 is 2.66 bits per heavy atom. The Morgan fingerprint density at radius 1 is 1.10 bits per heavy atom. The molecule has 0 unspecified atom stereocenters. The number of nitrogens with zero attached hydrogens (tertiary/aromatic N) is 6. The minimum atomic E-state index is -0.343. The maximum Gasteiger partial charge on any atom is 0.277 e. The van der Waals surface area contributed by atoms with Crippen LogP contribution in [0, 0.1) is 0 Å². The first-order chi connectivity index (χ1) is 13.9. The van der Waals surface area contributed by atoms with Crippen molar-refractivity contribution in [2.24, 2.45) is 0 Å². The van der Waals surface area contributed by atoms with E-state index in [1.54, 1.807) is 30.7 Å². The number of thiazole rings is 1. The molecule has 0 spiro atoms. The fourth-order valence-corrected chi connectivity index (χ4v) is 3.41. The van der Waals surface area contributed by atoms with Crippen molar-refractivity contribution >= 4 is 22.4 Å². The highest BCUT2D eigenvalue weighted by molar-refractivity contribution is 7.14. The van der Waals surface area contributed by atoms with Crippen LogP contribution in [0.3, 0.4) is 0 Å². The van der Waals surface area contributed by atoms with Gasteiger partial charge in [-0.1, -0.05) is 26.0 Å². The summed E-state index contributed by atoms with van der Waals surface area (Å²) in [5.41, 5.74) is 3.69. The Labute approximate surface area is 171 Å². The highest BCUT2D eigenvalue weighted by Gasteiger charge is 2.18. The predicted molar refractivity (Wildman–Crippen MR) is 111 cm³/mol. The highest BCUT2D eigenvalue weighted by atomic mass is 32.1. The van der Waals surface area contributed by atoms with Gasteiger partial charge in [0.25, 0.3) is 5.91 Å². The van der Waals surface area contributed by atoms with Gasteiger partial charge < -0.3 is 0 Å². The average Bonchev–Trinajstić information content (AvgIpc) is 3.38. The molecule has 4 aromatic rings. The molecule has 0 aromatic carbocycles. The van der Waals surface area contributed by atoms with Crippen LogP contribution in [0.4, 0.5) is 5.13 Å². The first-order valence-electron chi connectivity index (χ1n) is 8.97. The maximum absolute atomic E-state index is 12.7. The quantitative estimate of drug-likeness (QED) is 0.555. The zero-order valence-electron chi connectivity index (χ0n) is 16.2. The molecule has 8 nitrogen and oxygen atoms in total. The van der Waals surface area contributed by atoms with E-state index in [0.29, 0.717) is 16.5 Å². The fraction of sp³-hybridized carbons (Fsp3) is 0.200. The van der Waals surface area contributed by atoms with Gasteiger partial charge >= 0.3 is 0 Å². The van der Waals surface area contributed by atoms with E-state index >= 15 is 0 Å². The summed E-state index contributed by atoms with van der Waals surface area (Å²) < 4.78 is 1.46. The van der Waals surface area contributed by atoms with E-state index in [4.69, 9.17) is 0 Å². The first-order valence-corrected chi connectivity index (χ1v) is 9.85. The standard InChI is InChI=1S/C20H19N7OS/c1-20(2,3)13-4-9-22-15(10-13)16-12-29-19(24-16)25-18(28)17-11-23-26-27(17)14-5-7-21-8-6-14/h4-12H,1-3H3,(H,24,25,28). The van der Waals surface area contributed by atoms with Gasteiger partial charge in [-0.3, -0.25) is 20.1 Å². The molecular weight excluding hydrogens is 386 g/mol. The second-order valence-electron chi connectivity index (χ2n) is 7.41. The molecule has 0 aliphatic heterocycles. The Balaban J connectivity index is 1.55. The molecule has 0 fully saturated rings. The summed E-state index contributed by atoms with van der Waals surface area (Å²) in [4.78, 5) is 25.6. The largest absolute Gasteiger partial charge is 0.296 e. The van der Waals surface area contributed by atoms with Crippen LogP contribution in [0.2, 0.25) is 0 Å². The van der Waals surface area contributed by atoms with E-state index in [0.717, 1.165) is 11.4 Å². The molecule has 0 saturated carbocycles. The number of amides is 1. The molecule has 1 N–H and O–H groups in total. The fourth-order valence-electron chi connectivity index (χ4n) is 2.71. The normalized spacial score (nSPS) is 11.4. The van der Waals surface area contributed by atoms with Gasteiger partial charge in [0.05, 0.1) is 17.6 Å². The van der Waals surface area contributed by atoms with Crippen LogP contribution in [-0.2, 0) is 5.41 Å². The van der Waals surface area contributed by atoms with Gasteiger partial charge in [-0.15, -0.1) is 16.4 Å². The van der Waals surface area contributed by atoms with Crippen molar-refractivity contribution in [3.63, 3.8) is 0 Å². The topological polar surface area (TPSA) is 98.5 Å². The van der Waals surface area contributed by atoms with E-state index in [-0.39, 0.29) is 11.3 Å². The third-order valence-corrected chi connectivity index (χ3v) is 5.06. The number of carbonyl (C=O) groups excluding carboxylic acids is 1. The Hall–Kier alpha value is -3.46. The molecule has 0 aliphatic carbocycles. The van der Waals surface area contributed by atoms with Crippen molar-refractivity contribution in [2.45, 2.75) is 26.2 Å². The molecular formula is C20H19N7OS. The van der Waals surface area contributed by atoms with Crippen molar-refractivity contribution in [1.82, 2.24) is 29.9 Å². The Morgan fingerprint density at radius 2 is 1.90 bits per heavy atom. The van der Waals surface area contributed by atoms with Gasteiger partial charge in [0.2, 0.25) is 0 Å². The van der Waals surface area contributed by atoms with Crippen molar-refractivity contribution in [2.75, 3.05) is 5.32 Å². The van der Waals surface area contributed by atoms with E-state index < -0.39 is 0 Å². The molecule has 4 heterocycles. The van der Waals surface area contributed by atoms with Gasteiger partial charge in [-0.2, -0.15) is 0 Å². The van der Waals surface area contributed by atoms with Crippen LogP contribution in [0.5, 0.6) is 0 Å². The zero-order valence-corrected chi connectivity index (χ0v) is 17.0. The van der Waals surface area contributed by atoms with E-state index in [1.165, 1.54) is 27.8 Å². The summed E-state index contributed by atoms with van der Waals surface area (Å²) >= 11 is 1.34. The third-order valence-electron chi connectivity index (χ3n) is 4.30. The van der Waals surface area contributed by atoms with Crippen LogP contribution >= 0.6 is 11.3 Å². The maximum atomic E-state index is 12.7. The van der Waals surface area contributed by atoms with Crippen molar-refractivity contribution in [3.05, 3.63) is 65.7 Å². The number of anilines is 1. The van der Waals surface area contributed by atoms with Crippen molar-refractivity contribution in [3.8, 4) is 17.1 Å². The summed E-state index contributed by atoms with van der Waals surface area (Å²) in [5.74, 6) is -0.343. The van der Waals surface area contributed by atoms with Crippen molar-refractivity contribution in [1.29, 1.82) is 0 Å². The van der Waals surface area contributed by atoms with Crippen LogP contribution in [-0.4, -0.2) is 35.9 Å². The summed E-state index contributed by atoms with van der Waals surface area (Å²) in [6.07, 6.45) is 6.46. The molecule has 0 radical (unpaired) electrons. The van der Waals surface area contributed by atoms with Gasteiger partial charge in [0.1, 0.15) is 5.69 Å². The number of carbonyl (C=O) groups is 1. The zero-order chi connectivity index (χ0) is 20.4. The molecule has 1 amide bonds. The third kappa shape index (κ3) is 4.04. The van der Waals surface area contributed by atoms with Crippen LogP contribution < -0.4 is 5.32 Å². The molecule has 9 heteroatoms. The minimum Gasteiger partial charge on any atom is -0.296 e. The van der Waals surface area contributed by atoms with Crippen LogP contribution in [0.1, 0.15) is 36.8 Å². The molecule has 146 valence electrons. The van der Waals surface area contributed by atoms with E-state index in [9.17, 15) is 4.79 Å². The van der Waals surface area contributed by atoms with E-state index in [1.807, 2.05) is 17.5 Å². The van der Waals surface area contributed by atoms with Crippen molar-refractivity contribution < 1.29 is 4.79 Å². The Bertz CT molecular complexity index is 1140. The molecule has 0 bridgehead atoms. The smallest absolute Gasteiger partial charge is 0.277 e. The summed E-state index contributed by atoms with van der Waals surface area (Å²) in [6.45, 7) is 6.45. The lowest BCUT2D eigenvalue weighted by molar-refractivity contribution is 0.101. The average molecular weight is 405 g/mol. The van der Waals surface area contributed by atoms with Gasteiger partial charge in [-0.05, 0) is 35.2 Å².